The van der Waals surface area contributed by atoms with Gasteiger partial charge < -0.3 is 10.2 Å². The lowest BCUT2D eigenvalue weighted by Gasteiger charge is -2.04. The average Bonchev–Trinajstić information content (AvgIpc) is 2.30. The minimum absolute atomic E-state index is 0.250. The van der Waals surface area contributed by atoms with Crippen LogP contribution in [0.1, 0.15) is 51.7 Å². The Morgan fingerprint density at radius 1 is 1.06 bits per heavy atom. The predicted octanol–water partition coefficient (Wildman–Crippen LogP) is 3.75. The molecule has 0 unspecified atom stereocenters. The topological polar surface area (TPSA) is 40.5 Å². The van der Waals surface area contributed by atoms with Crippen LogP contribution in [0, 0.1) is 12.8 Å². The van der Waals surface area contributed by atoms with Crippen molar-refractivity contribution in [1.29, 1.82) is 0 Å². The molecule has 1 rings (SSSR count). The lowest BCUT2D eigenvalue weighted by atomic mass is 10.0. The van der Waals surface area contributed by atoms with Gasteiger partial charge in [-0.1, -0.05) is 57.5 Å². The molecule has 0 aliphatic heterocycles. The molecule has 0 amide bonds. The largest absolute Gasteiger partial charge is 0.397 e. The van der Waals surface area contributed by atoms with Crippen LogP contribution < -0.4 is 0 Å². The van der Waals surface area contributed by atoms with E-state index in [2.05, 4.69) is 45.0 Å². The molecule has 0 saturated carbocycles. The van der Waals surface area contributed by atoms with Gasteiger partial charge in [0.2, 0.25) is 0 Å². The van der Waals surface area contributed by atoms with Crippen LogP contribution in [-0.4, -0.2) is 23.4 Å². The Balaban J connectivity index is 0. The van der Waals surface area contributed by atoms with Crippen molar-refractivity contribution in [2.24, 2.45) is 5.92 Å². The fourth-order valence-corrected chi connectivity index (χ4v) is 1.03. The zero-order valence-electron chi connectivity index (χ0n) is 12.8. The van der Waals surface area contributed by atoms with Gasteiger partial charge in [-0.2, -0.15) is 0 Å². The molecule has 1 aromatic carbocycles. The van der Waals surface area contributed by atoms with Crippen LogP contribution in [0.25, 0.3) is 0 Å². The van der Waals surface area contributed by atoms with E-state index in [4.69, 9.17) is 10.2 Å². The second kappa shape index (κ2) is 12.6. The summed E-state index contributed by atoms with van der Waals surface area (Å²) in [5.41, 5.74) is 2.78. The summed E-state index contributed by atoms with van der Waals surface area (Å²) in [6.07, 6.45) is 0. The Morgan fingerprint density at radius 2 is 1.50 bits per heavy atom. The number of aliphatic hydroxyl groups is 2. The first-order chi connectivity index (χ1) is 8.38. The van der Waals surface area contributed by atoms with Crippen LogP contribution in [0.3, 0.4) is 0 Å². The Morgan fingerprint density at radius 3 is 1.72 bits per heavy atom. The van der Waals surface area contributed by atoms with Crippen molar-refractivity contribution in [2.75, 3.05) is 13.2 Å². The van der Waals surface area contributed by atoms with E-state index < -0.39 is 0 Å². The molecule has 0 aromatic heterocycles. The molecule has 2 nitrogen and oxygen atoms in total. The van der Waals surface area contributed by atoms with Crippen molar-refractivity contribution < 1.29 is 10.2 Å². The van der Waals surface area contributed by atoms with Crippen molar-refractivity contribution >= 4 is 0 Å². The zero-order chi connectivity index (χ0) is 14.6. The van der Waals surface area contributed by atoms with Gasteiger partial charge in [-0.05, 0) is 31.2 Å². The molecule has 0 fully saturated rings. The standard InChI is InChI=1S/C10H14.C4H10O.C2H6O/c1-8(2)10-6-4-5-9(3)7-10;1-4(2)3-5;1-2-3/h4-8H,1-3H3;4-5H,3H2,1-2H3;3H,2H2,1H3. The van der Waals surface area contributed by atoms with Crippen molar-refractivity contribution in [3.8, 4) is 0 Å². The molecule has 0 bridgehead atoms. The van der Waals surface area contributed by atoms with Crippen molar-refractivity contribution in [3.63, 3.8) is 0 Å². The van der Waals surface area contributed by atoms with Gasteiger partial charge in [0, 0.05) is 13.2 Å². The Kier molecular flexibility index (Phi) is 13.6. The first kappa shape index (κ1) is 19.5. The zero-order valence-corrected chi connectivity index (χ0v) is 12.8. The lowest BCUT2D eigenvalue weighted by molar-refractivity contribution is 0.248. The molecule has 0 heterocycles. The molecular weight excluding hydrogens is 224 g/mol. The minimum atomic E-state index is 0.250. The van der Waals surface area contributed by atoms with E-state index in [1.165, 1.54) is 11.1 Å². The third kappa shape index (κ3) is 13.2. The first-order valence-corrected chi connectivity index (χ1v) is 6.67. The molecule has 0 aliphatic rings. The van der Waals surface area contributed by atoms with Crippen molar-refractivity contribution in [1.82, 2.24) is 0 Å². The fraction of sp³-hybridized carbons (Fsp3) is 0.625. The van der Waals surface area contributed by atoms with Gasteiger partial charge in [0.15, 0.2) is 0 Å². The number of hydrogen-bond acceptors (Lipinski definition) is 2. The van der Waals surface area contributed by atoms with Gasteiger partial charge in [-0.3, -0.25) is 0 Å². The second-order valence-corrected chi connectivity index (χ2v) is 4.96. The van der Waals surface area contributed by atoms with Crippen LogP contribution in [0.15, 0.2) is 24.3 Å². The van der Waals surface area contributed by atoms with E-state index in [9.17, 15) is 0 Å². The summed E-state index contributed by atoms with van der Waals surface area (Å²) in [4.78, 5) is 0. The maximum Gasteiger partial charge on any atom is 0.0453 e. The molecule has 0 saturated heterocycles. The molecule has 0 radical (unpaired) electrons. The minimum Gasteiger partial charge on any atom is -0.397 e. The molecule has 18 heavy (non-hydrogen) atoms. The number of hydrogen-bond donors (Lipinski definition) is 2. The van der Waals surface area contributed by atoms with Crippen molar-refractivity contribution in [2.45, 2.75) is 47.5 Å². The summed E-state index contributed by atoms with van der Waals surface area (Å²) in [6.45, 7) is 12.7. The number of aryl methyl sites for hydroxylation is 1. The Hall–Kier alpha value is -0.860. The van der Waals surface area contributed by atoms with Gasteiger partial charge >= 0.3 is 0 Å². The highest BCUT2D eigenvalue weighted by Gasteiger charge is 1.96. The van der Waals surface area contributed by atoms with Gasteiger partial charge in [0.1, 0.15) is 0 Å². The summed E-state index contributed by atoms with van der Waals surface area (Å²) >= 11 is 0. The van der Waals surface area contributed by atoms with Gasteiger partial charge in [0.05, 0.1) is 0 Å². The maximum atomic E-state index is 8.14. The van der Waals surface area contributed by atoms with E-state index >= 15 is 0 Å². The van der Waals surface area contributed by atoms with Crippen molar-refractivity contribution in [3.05, 3.63) is 35.4 Å². The van der Waals surface area contributed by atoms with Crippen LogP contribution in [0.4, 0.5) is 0 Å². The smallest absolute Gasteiger partial charge is 0.0453 e. The van der Waals surface area contributed by atoms with E-state index in [0.717, 1.165) is 0 Å². The van der Waals surface area contributed by atoms with E-state index in [-0.39, 0.29) is 6.61 Å². The summed E-state index contributed by atoms with van der Waals surface area (Å²) in [5, 5.41) is 15.7. The number of aliphatic hydroxyl groups excluding tert-OH is 2. The summed E-state index contributed by atoms with van der Waals surface area (Å²) < 4.78 is 0. The average molecular weight is 254 g/mol. The highest BCUT2D eigenvalue weighted by molar-refractivity contribution is 5.24. The van der Waals surface area contributed by atoms with Crippen LogP contribution in [-0.2, 0) is 0 Å². The first-order valence-electron chi connectivity index (χ1n) is 6.67. The van der Waals surface area contributed by atoms with Crippen LogP contribution >= 0.6 is 0 Å². The molecule has 106 valence electrons. The molecule has 1 aromatic rings. The molecule has 0 spiro atoms. The fourth-order valence-electron chi connectivity index (χ4n) is 1.03. The maximum absolute atomic E-state index is 8.14. The van der Waals surface area contributed by atoms with Crippen LogP contribution in [0.5, 0.6) is 0 Å². The Labute approximate surface area is 113 Å². The number of benzene rings is 1. The summed E-state index contributed by atoms with van der Waals surface area (Å²) in [7, 11) is 0. The molecule has 2 heteroatoms. The lowest BCUT2D eigenvalue weighted by Crippen LogP contribution is -1.90. The molecule has 2 N–H and O–H groups in total. The quantitative estimate of drug-likeness (QED) is 0.844. The highest BCUT2D eigenvalue weighted by atomic mass is 16.3. The predicted molar refractivity (Wildman–Crippen MR) is 80.0 cm³/mol. The molecule has 0 aliphatic carbocycles. The monoisotopic (exact) mass is 254 g/mol. The highest BCUT2D eigenvalue weighted by Crippen LogP contribution is 2.14. The van der Waals surface area contributed by atoms with Gasteiger partial charge in [-0.15, -0.1) is 0 Å². The summed E-state index contributed by atoms with van der Waals surface area (Å²) in [5.74, 6) is 1.09. The number of rotatable bonds is 2. The normalized spacial score (nSPS) is 9.44. The van der Waals surface area contributed by atoms with E-state index in [0.29, 0.717) is 18.4 Å². The third-order valence-electron chi connectivity index (χ3n) is 2.07. The second-order valence-electron chi connectivity index (χ2n) is 4.96. The molecular formula is C16H30O2. The van der Waals surface area contributed by atoms with Gasteiger partial charge in [-0.25, -0.2) is 0 Å². The SMILES string of the molecule is CC(C)CO.CCO.Cc1cccc(C(C)C)c1. The third-order valence-corrected chi connectivity index (χ3v) is 2.07. The van der Waals surface area contributed by atoms with E-state index in [1.54, 1.807) is 6.92 Å². The van der Waals surface area contributed by atoms with E-state index in [1.807, 2.05) is 13.8 Å². The Bertz CT molecular complexity index is 280. The molecule has 0 atom stereocenters. The summed E-state index contributed by atoms with van der Waals surface area (Å²) in [6, 6.07) is 8.67. The van der Waals surface area contributed by atoms with Crippen LogP contribution in [0.2, 0.25) is 0 Å². The van der Waals surface area contributed by atoms with Gasteiger partial charge in [0.25, 0.3) is 0 Å².